The Kier molecular flexibility index (Phi) is 15.8. The Labute approximate surface area is 249 Å². The molecule has 0 unspecified atom stereocenters. The van der Waals surface area contributed by atoms with E-state index in [2.05, 4.69) is 61.7 Å². The van der Waals surface area contributed by atoms with Crippen molar-refractivity contribution < 1.29 is 42.8 Å². The number of hydrogen-bond donors (Lipinski definition) is 0. The van der Waals surface area contributed by atoms with Gasteiger partial charge in [-0.2, -0.15) is 0 Å². The summed E-state index contributed by atoms with van der Waals surface area (Å²) >= 11 is 0. The molecule has 0 spiro atoms. The molecular formula is C33H50INO3. The molecule has 3 rings (SSSR count). The highest BCUT2D eigenvalue weighted by Crippen LogP contribution is 2.37. The second-order valence-electron chi connectivity index (χ2n) is 10.2. The standard InChI is InChI=1S/C33H50NO3.HI/c1-5-8-10-12-13-15-25-37-33-30-23-24-34(26-27-17-19-28(35-4)20-18-27)31(16-14-11-9-6-2)29(30)21-22-32(33)36-7-3;/h17-22H,5-16,23-26H2,1-4H3;1H/q+1;/p-1. The molecular weight excluding hydrogens is 585 g/mol. The zero-order chi connectivity index (χ0) is 26.3. The van der Waals surface area contributed by atoms with E-state index in [1.165, 1.54) is 80.2 Å². The summed E-state index contributed by atoms with van der Waals surface area (Å²) in [5.41, 5.74) is 5.48. The molecule has 0 fully saturated rings. The summed E-state index contributed by atoms with van der Waals surface area (Å²) < 4.78 is 20.5. The van der Waals surface area contributed by atoms with Crippen LogP contribution >= 0.6 is 0 Å². The van der Waals surface area contributed by atoms with Gasteiger partial charge >= 0.3 is 0 Å². The van der Waals surface area contributed by atoms with E-state index in [1.807, 2.05) is 0 Å². The van der Waals surface area contributed by atoms with Crippen LogP contribution in [0, 0.1) is 0 Å². The van der Waals surface area contributed by atoms with Crippen molar-refractivity contribution >= 4 is 5.71 Å². The first-order valence-electron chi connectivity index (χ1n) is 14.9. The van der Waals surface area contributed by atoms with Gasteiger partial charge in [0.2, 0.25) is 0 Å². The van der Waals surface area contributed by atoms with Gasteiger partial charge in [0.1, 0.15) is 12.3 Å². The molecule has 1 aliphatic heterocycles. The molecule has 0 aromatic heterocycles. The second kappa shape index (κ2) is 18.5. The summed E-state index contributed by atoms with van der Waals surface area (Å²) in [6, 6.07) is 12.9. The lowest BCUT2D eigenvalue weighted by atomic mass is 9.92. The van der Waals surface area contributed by atoms with Crippen molar-refractivity contribution in [3.63, 3.8) is 0 Å². The SMILES string of the molecule is CCCCCCCCOc1c(OCC)ccc2c1CC[N+](Cc1ccc(OC)cc1)=C2CCCCCC.[I-]. The van der Waals surface area contributed by atoms with Crippen molar-refractivity contribution in [2.24, 2.45) is 0 Å². The Balaban J connectivity index is 0.00000507. The van der Waals surface area contributed by atoms with Gasteiger partial charge in [-0.3, -0.25) is 0 Å². The lowest BCUT2D eigenvalue weighted by molar-refractivity contribution is -0.545. The molecule has 0 saturated heterocycles. The van der Waals surface area contributed by atoms with Crippen molar-refractivity contribution in [1.29, 1.82) is 0 Å². The first kappa shape index (κ1) is 32.5. The highest BCUT2D eigenvalue weighted by Gasteiger charge is 2.29. The molecule has 2 aromatic carbocycles. The quantitative estimate of drug-likeness (QED) is 0.126. The van der Waals surface area contributed by atoms with Crippen LogP contribution < -0.4 is 38.2 Å². The Bertz CT molecular complexity index is 971. The first-order chi connectivity index (χ1) is 18.2. The number of ether oxygens (including phenoxy) is 3. The normalized spacial score (nSPS) is 12.6. The number of benzene rings is 2. The highest BCUT2D eigenvalue weighted by molar-refractivity contribution is 5.99. The van der Waals surface area contributed by atoms with Crippen molar-refractivity contribution in [2.45, 2.75) is 104 Å². The Hall–Kier alpha value is -1.76. The van der Waals surface area contributed by atoms with E-state index in [0.29, 0.717) is 6.61 Å². The molecule has 212 valence electrons. The minimum Gasteiger partial charge on any atom is -1.00 e. The number of hydrogen-bond acceptors (Lipinski definition) is 3. The summed E-state index contributed by atoms with van der Waals surface area (Å²) in [6.07, 6.45) is 14.8. The smallest absolute Gasteiger partial charge is 0.184 e. The number of fused-ring (bicyclic) bond motifs is 1. The van der Waals surface area contributed by atoms with Crippen LogP contribution in [0.25, 0.3) is 0 Å². The van der Waals surface area contributed by atoms with E-state index >= 15 is 0 Å². The van der Waals surface area contributed by atoms with Gasteiger partial charge in [0.05, 0.1) is 20.3 Å². The average molecular weight is 636 g/mol. The molecule has 0 aliphatic carbocycles. The summed E-state index contributed by atoms with van der Waals surface area (Å²) in [7, 11) is 1.72. The minimum absolute atomic E-state index is 0. The van der Waals surface area contributed by atoms with Gasteiger partial charge in [-0.25, -0.2) is 4.58 Å². The maximum atomic E-state index is 6.49. The van der Waals surface area contributed by atoms with Crippen LogP contribution in [0.1, 0.15) is 108 Å². The number of rotatable bonds is 18. The summed E-state index contributed by atoms with van der Waals surface area (Å²) in [4.78, 5) is 0. The predicted octanol–water partition coefficient (Wildman–Crippen LogP) is 5.37. The Morgan fingerprint density at radius 1 is 0.763 bits per heavy atom. The van der Waals surface area contributed by atoms with Gasteiger partial charge in [0.15, 0.2) is 23.8 Å². The van der Waals surface area contributed by atoms with E-state index < -0.39 is 0 Å². The van der Waals surface area contributed by atoms with Crippen LogP contribution in [0.2, 0.25) is 0 Å². The molecule has 4 nitrogen and oxygen atoms in total. The Morgan fingerprint density at radius 3 is 2.13 bits per heavy atom. The molecule has 0 N–H and O–H groups in total. The molecule has 0 amide bonds. The topological polar surface area (TPSA) is 30.7 Å². The average Bonchev–Trinajstić information content (AvgIpc) is 2.92. The fraction of sp³-hybridized carbons (Fsp3) is 0.606. The third kappa shape index (κ3) is 9.77. The largest absolute Gasteiger partial charge is 1.00 e. The molecule has 38 heavy (non-hydrogen) atoms. The zero-order valence-corrected chi connectivity index (χ0v) is 26.5. The van der Waals surface area contributed by atoms with E-state index in [-0.39, 0.29) is 24.0 Å². The van der Waals surface area contributed by atoms with E-state index in [4.69, 9.17) is 14.2 Å². The molecule has 0 saturated carbocycles. The van der Waals surface area contributed by atoms with Crippen molar-refractivity contribution in [2.75, 3.05) is 26.9 Å². The van der Waals surface area contributed by atoms with Crippen molar-refractivity contribution in [3.05, 3.63) is 53.1 Å². The summed E-state index contributed by atoms with van der Waals surface area (Å²) in [5.74, 6) is 2.80. The lowest BCUT2D eigenvalue weighted by Gasteiger charge is -2.23. The third-order valence-electron chi connectivity index (χ3n) is 7.39. The summed E-state index contributed by atoms with van der Waals surface area (Å²) in [6.45, 7) is 9.96. The van der Waals surface area contributed by atoms with E-state index in [0.717, 1.165) is 56.2 Å². The molecule has 5 heteroatoms. The molecule has 0 atom stereocenters. The number of methoxy groups -OCH3 is 1. The third-order valence-corrected chi connectivity index (χ3v) is 7.39. The van der Waals surface area contributed by atoms with Gasteiger partial charge in [-0.1, -0.05) is 65.2 Å². The monoisotopic (exact) mass is 635 g/mol. The fourth-order valence-corrected chi connectivity index (χ4v) is 5.30. The fourth-order valence-electron chi connectivity index (χ4n) is 5.30. The van der Waals surface area contributed by atoms with Crippen molar-refractivity contribution in [3.8, 4) is 17.2 Å². The molecule has 1 heterocycles. The van der Waals surface area contributed by atoms with Gasteiger partial charge in [0, 0.05) is 29.5 Å². The lowest BCUT2D eigenvalue weighted by Crippen LogP contribution is -3.00. The van der Waals surface area contributed by atoms with Gasteiger partial charge < -0.3 is 38.2 Å². The maximum Gasteiger partial charge on any atom is 0.184 e. The van der Waals surface area contributed by atoms with Crippen LogP contribution in [0.5, 0.6) is 17.2 Å². The van der Waals surface area contributed by atoms with Crippen molar-refractivity contribution in [1.82, 2.24) is 0 Å². The van der Waals surface area contributed by atoms with E-state index in [1.54, 1.807) is 7.11 Å². The maximum absolute atomic E-state index is 6.49. The number of unbranched alkanes of at least 4 members (excludes halogenated alkanes) is 8. The van der Waals surface area contributed by atoms with Crippen LogP contribution in [0.15, 0.2) is 36.4 Å². The zero-order valence-electron chi connectivity index (χ0n) is 24.3. The van der Waals surface area contributed by atoms with Gasteiger partial charge in [-0.05, 0) is 56.2 Å². The summed E-state index contributed by atoms with van der Waals surface area (Å²) in [5, 5.41) is 0. The van der Waals surface area contributed by atoms with Crippen LogP contribution in [-0.2, 0) is 13.0 Å². The first-order valence-corrected chi connectivity index (χ1v) is 14.9. The number of halogens is 1. The Morgan fingerprint density at radius 2 is 1.45 bits per heavy atom. The molecule has 1 aliphatic rings. The van der Waals surface area contributed by atoms with Gasteiger partial charge in [-0.15, -0.1) is 0 Å². The molecule has 2 aromatic rings. The van der Waals surface area contributed by atoms with Gasteiger partial charge in [0.25, 0.3) is 0 Å². The van der Waals surface area contributed by atoms with Crippen LogP contribution in [0.3, 0.4) is 0 Å². The minimum atomic E-state index is 0. The molecule has 0 radical (unpaired) electrons. The van der Waals surface area contributed by atoms with E-state index in [9.17, 15) is 0 Å². The van der Waals surface area contributed by atoms with Crippen LogP contribution in [-0.4, -0.2) is 37.2 Å². The van der Waals surface area contributed by atoms with Crippen LogP contribution in [0.4, 0.5) is 0 Å². The predicted molar refractivity (Wildman–Crippen MR) is 155 cm³/mol. The molecule has 0 bridgehead atoms. The number of nitrogens with zero attached hydrogens (tertiary/aromatic N) is 1. The highest BCUT2D eigenvalue weighted by atomic mass is 127. The second-order valence-corrected chi connectivity index (χ2v) is 10.2.